The summed E-state index contributed by atoms with van der Waals surface area (Å²) in [7, 11) is 1.61. The van der Waals surface area contributed by atoms with E-state index in [-0.39, 0.29) is 5.91 Å². The van der Waals surface area contributed by atoms with Crippen molar-refractivity contribution in [1.82, 2.24) is 29.3 Å². The maximum atomic E-state index is 13.3. The van der Waals surface area contributed by atoms with Crippen LogP contribution in [-0.2, 0) is 0 Å². The molecule has 3 aromatic heterocycles. The van der Waals surface area contributed by atoms with Crippen LogP contribution in [-0.4, -0.2) is 42.3 Å². The number of pyridine rings is 1. The molecule has 0 atom stereocenters. The highest BCUT2D eigenvalue weighted by atomic mass is 16.5. The maximum Gasteiger partial charge on any atom is 0.258 e. The molecule has 9 nitrogen and oxygen atoms in total. The predicted molar refractivity (Wildman–Crippen MR) is 122 cm³/mol. The first kappa shape index (κ1) is 19.7. The van der Waals surface area contributed by atoms with E-state index >= 15 is 0 Å². The number of hydrogen-bond acceptors (Lipinski definition) is 6. The van der Waals surface area contributed by atoms with Crippen LogP contribution < -0.4 is 10.1 Å². The van der Waals surface area contributed by atoms with E-state index in [4.69, 9.17) is 4.74 Å². The smallest absolute Gasteiger partial charge is 0.258 e. The number of benzene rings is 1. The van der Waals surface area contributed by atoms with Gasteiger partial charge in [0.05, 0.1) is 30.4 Å². The van der Waals surface area contributed by atoms with Gasteiger partial charge >= 0.3 is 0 Å². The van der Waals surface area contributed by atoms with Crippen molar-refractivity contribution < 1.29 is 9.53 Å². The van der Waals surface area contributed by atoms with E-state index in [1.807, 2.05) is 33.5 Å². The summed E-state index contributed by atoms with van der Waals surface area (Å²) in [5, 5.41) is 11.2. The third-order valence-electron chi connectivity index (χ3n) is 6.06. The molecule has 2 aliphatic carbocycles. The molecule has 1 aromatic carbocycles. The van der Waals surface area contributed by atoms with E-state index in [0.29, 0.717) is 46.3 Å². The van der Waals surface area contributed by atoms with Crippen molar-refractivity contribution in [2.24, 2.45) is 0 Å². The molecule has 0 unspecified atom stereocenters. The van der Waals surface area contributed by atoms with Gasteiger partial charge in [-0.05, 0) is 49.9 Å². The summed E-state index contributed by atoms with van der Waals surface area (Å²) in [6.07, 6.45) is 10.1. The minimum Gasteiger partial charge on any atom is -0.497 e. The van der Waals surface area contributed by atoms with Crippen molar-refractivity contribution in [2.45, 2.75) is 37.6 Å². The number of nitrogens with one attached hydrogen (secondary N) is 1. The van der Waals surface area contributed by atoms with Gasteiger partial charge in [0, 0.05) is 24.2 Å². The number of hydrogen-bond donors (Lipinski definition) is 1. The van der Waals surface area contributed by atoms with Crippen LogP contribution in [0.3, 0.4) is 0 Å². The van der Waals surface area contributed by atoms with Crippen molar-refractivity contribution in [2.75, 3.05) is 12.4 Å². The third-order valence-corrected chi connectivity index (χ3v) is 6.06. The number of aromatic nitrogens is 6. The standard InChI is InChI=1S/C24H23N7O2/c1-33-17-9-10-18(21(11-17)30-12-20(25-13-30)15-5-6-15)24(32)28-22-4-2-3-19(27-22)23-29-26-14-31(23)16-7-8-16/h2-4,9-16H,5-8H2,1H3,(H,27,28,32). The van der Waals surface area contributed by atoms with Crippen LogP contribution in [0.5, 0.6) is 5.75 Å². The van der Waals surface area contributed by atoms with Gasteiger partial charge in [-0.1, -0.05) is 6.07 Å². The molecule has 2 aliphatic rings. The number of methoxy groups -OCH3 is 1. The fourth-order valence-electron chi connectivity index (χ4n) is 3.96. The lowest BCUT2D eigenvalue weighted by molar-refractivity contribution is 0.102. The number of rotatable bonds is 7. The second-order valence-corrected chi connectivity index (χ2v) is 8.52. The summed E-state index contributed by atoms with van der Waals surface area (Å²) in [6, 6.07) is 11.3. The fraction of sp³-hybridized carbons (Fsp3) is 0.292. The number of anilines is 1. The Balaban J connectivity index is 1.30. The topological polar surface area (TPSA) is 99.7 Å². The third kappa shape index (κ3) is 3.86. The Bertz CT molecular complexity index is 1330. The van der Waals surface area contributed by atoms with Crippen LogP contribution >= 0.6 is 0 Å². The van der Waals surface area contributed by atoms with Crippen LogP contribution in [0.25, 0.3) is 17.2 Å². The first-order valence-electron chi connectivity index (χ1n) is 11.1. The minimum atomic E-state index is -0.261. The lowest BCUT2D eigenvalue weighted by Gasteiger charge is -2.13. The molecule has 1 amide bonds. The molecule has 0 spiro atoms. The molecule has 6 rings (SSSR count). The molecular formula is C24H23N7O2. The van der Waals surface area contributed by atoms with Gasteiger partial charge < -0.3 is 19.2 Å². The zero-order valence-electron chi connectivity index (χ0n) is 18.2. The average molecular weight is 441 g/mol. The second kappa shape index (κ2) is 7.84. The van der Waals surface area contributed by atoms with E-state index in [0.717, 1.165) is 18.5 Å². The number of imidazole rings is 1. The van der Waals surface area contributed by atoms with E-state index in [2.05, 4.69) is 25.5 Å². The Morgan fingerprint density at radius 2 is 2.00 bits per heavy atom. The molecule has 0 saturated heterocycles. The summed E-state index contributed by atoms with van der Waals surface area (Å²) in [5.74, 6) is 2.10. The molecule has 1 N–H and O–H groups in total. The number of nitrogens with zero attached hydrogens (tertiary/aromatic N) is 6. The van der Waals surface area contributed by atoms with Crippen LogP contribution in [0.15, 0.2) is 55.2 Å². The van der Waals surface area contributed by atoms with Crippen LogP contribution in [0.1, 0.15) is 53.7 Å². The summed E-state index contributed by atoms with van der Waals surface area (Å²) in [5.41, 5.74) is 2.94. The lowest BCUT2D eigenvalue weighted by Crippen LogP contribution is -2.16. The Labute approximate surface area is 190 Å². The highest BCUT2D eigenvalue weighted by Gasteiger charge is 2.28. The summed E-state index contributed by atoms with van der Waals surface area (Å²) in [4.78, 5) is 22.4. The zero-order chi connectivity index (χ0) is 22.4. The van der Waals surface area contributed by atoms with E-state index in [1.54, 1.807) is 38.0 Å². The molecule has 0 radical (unpaired) electrons. The SMILES string of the molecule is COc1ccc(C(=O)Nc2cccc(-c3nncn3C3CC3)n2)c(-n2cnc(C3CC3)c2)c1. The monoisotopic (exact) mass is 441 g/mol. The van der Waals surface area contributed by atoms with Crippen molar-refractivity contribution >= 4 is 11.7 Å². The average Bonchev–Trinajstić information content (AvgIpc) is 3.78. The molecule has 9 heteroatoms. The van der Waals surface area contributed by atoms with Crippen LogP contribution in [0.2, 0.25) is 0 Å². The van der Waals surface area contributed by atoms with Crippen molar-refractivity contribution in [3.63, 3.8) is 0 Å². The van der Waals surface area contributed by atoms with Gasteiger partial charge in [-0.2, -0.15) is 0 Å². The van der Waals surface area contributed by atoms with Gasteiger partial charge in [0.25, 0.3) is 5.91 Å². The normalized spacial score (nSPS) is 15.4. The van der Waals surface area contributed by atoms with Gasteiger partial charge in [-0.3, -0.25) is 4.79 Å². The molecule has 2 fully saturated rings. The molecule has 4 aromatic rings. The molecule has 166 valence electrons. The predicted octanol–water partition coefficient (Wildman–Crippen LogP) is 4.00. The molecule has 2 saturated carbocycles. The maximum absolute atomic E-state index is 13.3. The van der Waals surface area contributed by atoms with Crippen molar-refractivity contribution in [3.8, 4) is 23.0 Å². The first-order valence-corrected chi connectivity index (χ1v) is 11.1. The Morgan fingerprint density at radius 1 is 1.12 bits per heavy atom. The Kier molecular flexibility index (Phi) is 4.67. The molecule has 3 heterocycles. The quantitative estimate of drug-likeness (QED) is 0.465. The second-order valence-electron chi connectivity index (χ2n) is 8.52. The molecular weight excluding hydrogens is 418 g/mol. The van der Waals surface area contributed by atoms with Crippen molar-refractivity contribution in [3.05, 3.63) is 66.5 Å². The van der Waals surface area contributed by atoms with Crippen LogP contribution in [0, 0.1) is 0 Å². The lowest BCUT2D eigenvalue weighted by atomic mass is 10.1. The summed E-state index contributed by atoms with van der Waals surface area (Å²) >= 11 is 0. The number of carbonyl (C=O) groups excluding carboxylic acids is 1. The van der Waals surface area contributed by atoms with Crippen LogP contribution in [0.4, 0.5) is 5.82 Å². The Hall–Kier alpha value is -4.01. The van der Waals surface area contributed by atoms with E-state index < -0.39 is 0 Å². The highest BCUT2D eigenvalue weighted by Crippen LogP contribution is 2.39. The van der Waals surface area contributed by atoms with Gasteiger partial charge in [0.2, 0.25) is 0 Å². The number of amides is 1. The number of ether oxygens (including phenoxy) is 1. The fourth-order valence-corrected chi connectivity index (χ4v) is 3.96. The van der Waals surface area contributed by atoms with E-state index in [1.165, 1.54) is 12.8 Å². The van der Waals surface area contributed by atoms with Gasteiger partial charge in [-0.25, -0.2) is 9.97 Å². The molecule has 0 aliphatic heterocycles. The summed E-state index contributed by atoms with van der Waals surface area (Å²) in [6.45, 7) is 0. The minimum absolute atomic E-state index is 0.261. The van der Waals surface area contributed by atoms with E-state index in [9.17, 15) is 4.79 Å². The number of carbonyl (C=O) groups is 1. The molecule has 0 bridgehead atoms. The largest absolute Gasteiger partial charge is 0.497 e. The highest BCUT2D eigenvalue weighted by molar-refractivity contribution is 6.06. The summed E-state index contributed by atoms with van der Waals surface area (Å²) < 4.78 is 9.33. The zero-order valence-corrected chi connectivity index (χ0v) is 18.2. The van der Waals surface area contributed by atoms with Gasteiger partial charge in [0.15, 0.2) is 5.82 Å². The Morgan fingerprint density at radius 3 is 2.79 bits per heavy atom. The molecule has 33 heavy (non-hydrogen) atoms. The van der Waals surface area contributed by atoms with Crippen molar-refractivity contribution in [1.29, 1.82) is 0 Å². The van der Waals surface area contributed by atoms with Gasteiger partial charge in [-0.15, -0.1) is 10.2 Å². The first-order chi connectivity index (χ1) is 16.2. The van der Waals surface area contributed by atoms with Gasteiger partial charge in [0.1, 0.15) is 23.6 Å².